The first-order chi connectivity index (χ1) is 15.5. The summed E-state index contributed by atoms with van der Waals surface area (Å²) in [5.74, 6) is 5.49. The van der Waals surface area contributed by atoms with Crippen molar-refractivity contribution >= 4 is 5.57 Å². The van der Waals surface area contributed by atoms with E-state index in [4.69, 9.17) is 9.15 Å². The highest BCUT2D eigenvalue weighted by atomic mass is 16.5. The maximum atomic E-state index is 6.45. The van der Waals surface area contributed by atoms with Crippen LogP contribution in [0.4, 0.5) is 0 Å². The summed E-state index contributed by atoms with van der Waals surface area (Å²) in [6.45, 7) is 5.19. The Morgan fingerprint density at radius 3 is 2.50 bits per heavy atom. The largest absolute Gasteiger partial charge is 0.456 e. The zero-order chi connectivity index (χ0) is 21.9. The molecule has 0 N–H and O–H groups in total. The lowest BCUT2D eigenvalue weighted by molar-refractivity contribution is -0.120. The van der Waals surface area contributed by atoms with Gasteiger partial charge in [0.25, 0.3) is 0 Å². The molecule has 2 nitrogen and oxygen atoms in total. The fourth-order valence-electron chi connectivity index (χ4n) is 8.62. The van der Waals surface area contributed by atoms with Crippen LogP contribution in [0.5, 0.6) is 0 Å². The molecule has 1 heterocycles. The minimum Gasteiger partial charge on any atom is -0.456 e. The maximum absolute atomic E-state index is 6.45. The van der Waals surface area contributed by atoms with Gasteiger partial charge >= 0.3 is 0 Å². The van der Waals surface area contributed by atoms with Crippen molar-refractivity contribution in [2.24, 2.45) is 34.5 Å². The van der Waals surface area contributed by atoms with E-state index in [9.17, 15) is 0 Å². The molecule has 170 valence electrons. The van der Waals surface area contributed by atoms with Gasteiger partial charge in [-0.1, -0.05) is 50.3 Å². The van der Waals surface area contributed by atoms with Crippen molar-refractivity contribution in [2.45, 2.75) is 71.3 Å². The zero-order valence-electron chi connectivity index (χ0n) is 20.0. The van der Waals surface area contributed by atoms with E-state index >= 15 is 0 Å². The predicted molar refractivity (Wildman–Crippen MR) is 130 cm³/mol. The summed E-state index contributed by atoms with van der Waals surface area (Å²) in [4.78, 5) is 0. The summed E-state index contributed by atoms with van der Waals surface area (Å²) in [6.07, 6.45) is 13.7. The van der Waals surface area contributed by atoms with Crippen molar-refractivity contribution in [3.8, 4) is 11.3 Å². The second-order valence-electron chi connectivity index (χ2n) is 11.6. The fraction of sp³-hybridized carbons (Fsp3) is 0.600. The van der Waals surface area contributed by atoms with E-state index in [1.807, 2.05) is 7.11 Å². The molecule has 2 aromatic rings. The van der Waals surface area contributed by atoms with Crippen LogP contribution in [0.3, 0.4) is 0 Å². The van der Waals surface area contributed by atoms with E-state index in [1.165, 1.54) is 62.5 Å². The molecule has 0 aliphatic heterocycles. The highest BCUT2D eigenvalue weighted by Gasteiger charge is 2.59. The average molecular weight is 431 g/mol. The number of hydrogen-bond donors (Lipinski definition) is 0. The Kier molecular flexibility index (Phi) is 4.95. The SMILES string of the molecule is CO[C@H]1CC[C@]2(C)C(CC[C@@H]3[C@@H]4CC=C(c5ccc(-c6ccccc6)o5)[C@@]4(C)CC[C@@H]32)C1. The van der Waals surface area contributed by atoms with Gasteiger partial charge in [-0.15, -0.1) is 0 Å². The topological polar surface area (TPSA) is 22.4 Å². The lowest BCUT2D eigenvalue weighted by Gasteiger charge is -2.60. The van der Waals surface area contributed by atoms with Crippen molar-refractivity contribution in [3.63, 3.8) is 0 Å². The quantitative estimate of drug-likeness (QED) is 0.492. The van der Waals surface area contributed by atoms with Gasteiger partial charge in [0.15, 0.2) is 0 Å². The van der Waals surface area contributed by atoms with Crippen LogP contribution in [0, 0.1) is 34.5 Å². The lowest BCUT2D eigenvalue weighted by Crippen LogP contribution is -2.53. The van der Waals surface area contributed by atoms with Gasteiger partial charge in [-0.25, -0.2) is 0 Å². The third-order valence-electron chi connectivity index (χ3n) is 10.5. The summed E-state index contributed by atoms with van der Waals surface area (Å²) in [5.41, 5.74) is 3.44. The van der Waals surface area contributed by atoms with Gasteiger partial charge in [0.2, 0.25) is 0 Å². The summed E-state index contributed by atoms with van der Waals surface area (Å²) in [6, 6.07) is 14.9. The number of fused-ring (bicyclic) bond motifs is 5. The summed E-state index contributed by atoms with van der Waals surface area (Å²) < 4.78 is 12.2. The van der Waals surface area contributed by atoms with Crippen molar-refractivity contribution in [2.75, 3.05) is 7.11 Å². The first kappa shape index (κ1) is 20.8. The Morgan fingerprint density at radius 1 is 0.875 bits per heavy atom. The van der Waals surface area contributed by atoms with Gasteiger partial charge in [-0.2, -0.15) is 0 Å². The number of hydrogen-bond acceptors (Lipinski definition) is 2. The molecule has 0 bridgehead atoms. The fourth-order valence-corrected chi connectivity index (χ4v) is 8.62. The molecule has 2 heteroatoms. The Morgan fingerprint density at radius 2 is 1.69 bits per heavy atom. The van der Waals surface area contributed by atoms with Crippen molar-refractivity contribution in [3.05, 3.63) is 54.3 Å². The molecule has 0 spiro atoms. The predicted octanol–water partition coefficient (Wildman–Crippen LogP) is 8.00. The van der Waals surface area contributed by atoms with Crippen molar-refractivity contribution < 1.29 is 9.15 Å². The van der Waals surface area contributed by atoms with Crippen LogP contribution in [-0.2, 0) is 4.74 Å². The zero-order valence-corrected chi connectivity index (χ0v) is 20.0. The normalized spacial score (nSPS) is 40.8. The number of methoxy groups -OCH3 is 1. The average Bonchev–Trinajstić information content (AvgIpc) is 3.43. The molecule has 3 saturated carbocycles. The molecule has 6 rings (SSSR count). The second kappa shape index (κ2) is 7.62. The van der Waals surface area contributed by atoms with Crippen LogP contribution in [0.1, 0.15) is 71.0 Å². The first-order valence-electron chi connectivity index (χ1n) is 12.9. The third-order valence-corrected chi connectivity index (χ3v) is 10.5. The highest BCUT2D eigenvalue weighted by molar-refractivity contribution is 5.72. The third kappa shape index (κ3) is 3.01. The number of ether oxygens (including phenoxy) is 1. The van der Waals surface area contributed by atoms with E-state index < -0.39 is 0 Å². The monoisotopic (exact) mass is 430 g/mol. The van der Waals surface area contributed by atoms with Gasteiger partial charge < -0.3 is 9.15 Å². The van der Waals surface area contributed by atoms with Crippen LogP contribution >= 0.6 is 0 Å². The van der Waals surface area contributed by atoms with E-state index in [0.29, 0.717) is 11.5 Å². The number of benzene rings is 1. The molecule has 32 heavy (non-hydrogen) atoms. The van der Waals surface area contributed by atoms with E-state index in [-0.39, 0.29) is 5.41 Å². The lowest BCUT2D eigenvalue weighted by atomic mass is 9.44. The van der Waals surface area contributed by atoms with Crippen LogP contribution in [-0.4, -0.2) is 13.2 Å². The molecule has 3 fully saturated rings. The highest BCUT2D eigenvalue weighted by Crippen LogP contribution is 2.67. The second-order valence-corrected chi connectivity index (χ2v) is 11.6. The van der Waals surface area contributed by atoms with Gasteiger partial charge in [0.05, 0.1) is 6.10 Å². The molecule has 0 radical (unpaired) electrons. The van der Waals surface area contributed by atoms with Gasteiger partial charge in [-0.3, -0.25) is 0 Å². The summed E-state index contributed by atoms with van der Waals surface area (Å²) >= 11 is 0. The number of allylic oxidation sites excluding steroid dienone is 2. The Bertz CT molecular complexity index is 1000. The maximum Gasteiger partial charge on any atom is 0.134 e. The van der Waals surface area contributed by atoms with Crippen molar-refractivity contribution in [1.29, 1.82) is 0 Å². The Balaban J connectivity index is 1.25. The molecule has 4 aliphatic rings. The number of rotatable bonds is 3. The summed E-state index contributed by atoms with van der Waals surface area (Å²) in [7, 11) is 1.91. The molecule has 4 aliphatic carbocycles. The molecule has 1 aromatic heterocycles. The van der Waals surface area contributed by atoms with E-state index in [2.05, 4.69) is 62.4 Å². The molecule has 1 aromatic carbocycles. The van der Waals surface area contributed by atoms with Gasteiger partial charge in [-0.05, 0) is 104 Å². The van der Waals surface area contributed by atoms with Crippen LogP contribution < -0.4 is 0 Å². The molecular weight excluding hydrogens is 392 g/mol. The smallest absolute Gasteiger partial charge is 0.134 e. The van der Waals surface area contributed by atoms with Gasteiger partial charge in [0, 0.05) is 12.7 Å². The molecule has 0 saturated heterocycles. The van der Waals surface area contributed by atoms with Crippen LogP contribution in [0.15, 0.2) is 53.0 Å². The van der Waals surface area contributed by atoms with Crippen LogP contribution in [0.2, 0.25) is 0 Å². The standard InChI is InChI=1S/C30H38O2/c1-29-17-15-22(31-3)19-21(29)9-10-23-24-11-12-26(30(24,2)18-16-25(23)29)28-14-13-27(32-28)20-7-5-4-6-8-20/h4-8,12-14,21-25H,9-11,15-19H2,1-3H3/t21?,22-,23+,24-,25-,29+,30-/m0/s1. The molecule has 0 amide bonds. The Labute approximate surface area is 193 Å². The molecular formula is C30H38O2. The van der Waals surface area contributed by atoms with E-state index in [1.54, 1.807) is 0 Å². The van der Waals surface area contributed by atoms with Crippen molar-refractivity contribution in [1.82, 2.24) is 0 Å². The van der Waals surface area contributed by atoms with Gasteiger partial charge in [0.1, 0.15) is 11.5 Å². The molecule has 1 unspecified atom stereocenters. The first-order valence-corrected chi connectivity index (χ1v) is 12.9. The number of furan rings is 1. The summed E-state index contributed by atoms with van der Waals surface area (Å²) in [5, 5.41) is 0. The Hall–Kier alpha value is -1.80. The minimum absolute atomic E-state index is 0.264. The van der Waals surface area contributed by atoms with E-state index in [0.717, 1.165) is 35.2 Å². The van der Waals surface area contributed by atoms with Crippen LogP contribution in [0.25, 0.3) is 16.9 Å². The molecule has 7 atom stereocenters. The minimum atomic E-state index is 0.264.